The van der Waals surface area contributed by atoms with E-state index >= 15 is 0 Å². The Morgan fingerprint density at radius 3 is 2.27 bits per heavy atom. The minimum Gasteiger partial charge on any atom is -0.444 e. The van der Waals surface area contributed by atoms with E-state index in [-0.39, 0.29) is 18.0 Å². The summed E-state index contributed by atoms with van der Waals surface area (Å²) in [6, 6.07) is 4.44. The normalized spacial score (nSPS) is 18.2. The first kappa shape index (κ1) is 22.7. The monoisotopic (exact) mass is 435 g/mol. The molecule has 1 heterocycles. The van der Waals surface area contributed by atoms with E-state index in [0.717, 1.165) is 34.7 Å². The second kappa shape index (κ2) is 8.66. The number of ether oxygens (including phenoxy) is 1. The van der Waals surface area contributed by atoms with Gasteiger partial charge in [0.1, 0.15) is 5.60 Å². The van der Waals surface area contributed by atoms with Gasteiger partial charge >= 0.3 is 6.09 Å². The van der Waals surface area contributed by atoms with Crippen molar-refractivity contribution in [2.75, 3.05) is 31.1 Å². The van der Waals surface area contributed by atoms with E-state index in [1.54, 1.807) is 11.8 Å². The molecule has 1 saturated carbocycles. The Kier molecular flexibility index (Phi) is 6.56. The number of rotatable bonds is 4. The molecule has 166 valence electrons. The maximum absolute atomic E-state index is 12.4. The molecule has 1 saturated heterocycles. The van der Waals surface area contributed by atoms with Crippen molar-refractivity contribution in [3.8, 4) is 0 Å². The van der Waals surface area contributed by atoms with Gasteiger partial charge in [-0.1, -0.05) is 17.7 Å². The van der Waals surface area contributed by atoms with Crippen molar-refractivity contribution in [3.05, 3.63) is 28.3 Å². The van der Waals surface area contributed by atoms with Crippen molar-refractivity contribution in [1.82, 2.24) is 9.80 Å². The third kappa shape index (κ3) is 5.20. The molecule has 0 N–H and O–H groups in total. The second-order valence-electron chi connectivity index (χ2n) is 9.45. The van der Waals surface area contributed by atoms with Crippen LogP contribution in [-0.2, 0) is 9.53 Å². The van der Waals surface area contributed by atoms with E-state index in [1.165, 1.54) is 0 Å². The van der Waals surface area contributed by atoms with Crippen molar-refractivity contribution < 1.29 is 14.3 Å². The third-order valence-electron chi connectivity index (χ3n) is 5.75. The quantitative estimate of drug-likeness (QED) is 0.683. The number of nitrogens with zero attached hydrogens (tertiary/aromatic N) is 3. The Bertz CT molecular complexity index is 809. The molecule has 2 amide bonds. The van der Waals surface area contributed by atoms with Gasteiger partial charge in [-0.05, 0) is 64.7 Å². The lowest BCUT2D eigenvalue weighted by atomic mass is 10.00. The number of anilines is 1. The number of carbonyl (C=O) groups excluding carboxylic acids is 2. The average Bonchev–Trinajstić information content (AvgIpc) is 3.47. The first-order valence-corrected chi connectivity index (χ1v) is 11.2. The highest BCUT2D eigenvalue weighted by atomic mass is 35.5. The van der Waals surface area contributed by atoms with Crippen molar-refractivity contribution in [2.45, 2.75) is 72.1 Å². The van der Waals surface area contributed by atoms with Gasteiger partial charge in [0, 0.05) is 49.9 Å². The summed E-state index contributed by atoms with van der Waals surface area (Å²) in [5.74, 6) is 0.110. The van der Waals surface area contributed by atoms with E-state index in [2.05, 4.69) is 17.9 Å². The SMILES string of the molecule is CC(=O)N(C1CC1)[C@H](C)c1cc(C)c(Cl)cc1N1CCN(C(=O)OC(C)(C)C)CC1. The zero-order valence-electron chi connectivity index (χ0n) is 19.0. The van der Waals surface area contributed by atoms with Crippen LogP contribution < -0.4 is 4.90 Å². The lowest BCUT2D eigenvalue weighted by Crippen LogP contribution is -2.50. The second-order valence-corrected chi connectivity index (χ2v) is 9.86. The number of halogens is 1. The fourth-order valence-electron chi connectivity index (χ4n) is 4.11. The van der Waals surface area contributed by atoms with Crippen LogP contribution >= 0.6 is 11.6 Å². The van der Waals surface area contributed by atoms with Crippen LogP contribution in [0.4, 0.5) is 10.5 Å². The van der Waals surface area contributed by atoms with E-state index in [0.29, 0.717) is 32.2 Å². The molecule has 1 aliphatic heterocycles. The molecular formula is C23H34ClN3O3. The number of hydrogen-bond acceptors (Lipinski definition) is 4. The number of carbonyl (C=O) groups is 2. The molecule has 2 aliphatic rings. The summed E-state index contributed by atoms with van der Waals surface area (Å²) < 4.78 is 5.51. The van der Waals surface area contributed by atoms with Gasteiger partial charge in [-0.2, -0.15) is 0 Å². The van der Waals surface area contributed by atoms with Gasteiger partial charge in [0.15, 0.2) is 0 Å². The van der Waals surface area contributed by atoms with Crippen LogP contribution in [0.5, 0.6) is 0 Å². The van der Waals surface area contributed by atoms with Crippen LogP contribution in [-0.4, -0.2) is 59.6 Å². The average molecular weight is 436 g/mol. The van der Waals surface area contributed by atoms with Crippen LogP contribution in [0.1, 0.15) is 64.6 Å². The van der Waals surface area contributed by atoms with Gasteiger partial charge in [-0.15, -0.1) is 0 Å². The van der Waals surface area contributed by atoms with Gasteiger partial charge in [0.25, 0.3) is 0 Å². The predicted octanol–water partition coefficient (Wildman–Crippen LogP) is 4.78. The molecule has 1 atom stereocenters. The molecular weight excluding hydrogens is 402 g/mol. The molecule has 7 heteroatoms. The van der Waals surface area contributed by atoms with Crippen LogP contribution in [0.3, 0.4) is 0 Å². The Hall–Kier alpha value is -1.95. The zero-order valence-corrected chi connectivity index (χ0v) is 19.8. The largest absolute Gasteiger partial charge is 0.444 e. The summed E-state index contributed by atoms with van der Waals surface area (Å²) in [4.78, 5) is 30.8. The molecule has 0 radical (unpaired) electrons. The fourth-order valence-corrected chi connectivity index (χ4v) is 4.26. The molecule has 30 heavy (non-hydrogen) atoms. The minimum absolute atomic E-state index is 0.0233. The van der Waals surface area contributed by atoms with Gasteiger partial charge < -0.3 is 19.4 Å². The zero-order chi connectivity index (χ0) is 22.2. The smallest absolute Gasteiger partial charge is 0.410 e. The van der Waals surface area contributed by atoms with E-state index in [9.17, 15) is 9.59 Å². The highest BCUT2D eigenvalue weighted by Crippen LogP contribution is 2.39. The lowest BCUT2D eigenvalue weighted by molar-refractivity contribution is -0.131. The van der Waals surface area contributed by atoms with Crippen LogP contribution in [0.15, 0.2) is 12.1 Å². The first-order chi connectivity index (χ1) is 14.0. The Morgan fingerprint density at radius 2 is 1.77 bits per heavy atom. The molecule has 2 fully saturated rings. The summed E-state index contributed by atoms with van der Waals surface area (Å²) in [7, 11) is 0. The van der Waals surface area contributed by atoms with Gasteiger partial charge in [-0.25, -0.2) is 4.79 Å². The molecule has 1 aromatic carbocycles. The number of benzene rings is 1. The molecule has 0 bridgehead atoms. The van der Waals surface area contributed by atoms with Crippen molar-refractivity contribution in [1.29, 1.82) is 0 Å². The molecule has 0 aromatic heterocycles. The third-order valence-corrected chi connectivity index (χ3v) is 6.16. The summed E-state index contributed by atoms with van der Waals surface area (Å²) in [6.45, 7) is 14.0. The first-order valence-electron chi connectivity index (χ1n) is 10.8. The van der Waals surface area contributed by atoms with Gasteiger partial charge in [0.2, 0.25) is 5.91 Å². The Balaban J connectivity index is 1.80. The van der Waals surface area contributed by atoms with Crippen LogP contribution in [0.2, 0.25) is 5.02 Å². The molecule has 6 nitrogen and oxygen atoms in total. The summed E-state index contributed by atoms with van der Waals surface area (Å²) in [5, 5.41) is 0.719. The predicted molar refractivity (Wildman–Crippen MR) is 120 cm³/mol. The highest BCUT2D eigenvalue weighted by molar-refractivity contribution is 6.31. The maximum atomic E-state index is 12.4. The van der Waals surface area contributed by atoms with Crippen LogP contribution in [0, 0.1) is 6.92 Å². The number of amides is 2. The lowest BCUT2D eigenvalue weighted by Gasteiger charge is -2.39. The number of hydrogen-bond donors (Lipinski definition) is 0. The molecule has 1 aromatic rings. The van der Waals surface area contributed by atoms with Gasteiger partial charge in [-0.3, -0.25) is 4.79 Å². The van der Waals surface area contributed by atoms with E-state index in [1.807, 2.05) is 38.7 Å². The Morgan fingerprint density at radius 1 is 1.17 bits per heavy atom. The molecule has 3 rings (SSSR count). The number of aryl methyl sites for hydroxylation is 1. The van der Waals surface area contributed by atoms with Crippen molar-refractivity contribution in [3.63, 3.8) is 0 Å². The topological polar surface area (TPSA) is 53.1 Å². The fraction of sp³-hybridized carbons (Fsp3) is 0.652. The standard InChI is InChI=1S/C23H34ClN3O3/c1-15-13-19(16(2)27(17(3)28)18-7-8-18)21(14-20(15)24)25-9-11-26(12-10-25)22(29)30-23(4,5)6/h13-14,16,18H,7-12H2,1-6H3/t16-/m1/s1. The summed E-state index contributed by atoms with van der Waals surface area (Å²) in [6.07, 6.45) is 1.87. The molecule has 0 unspecified atom stereocenters. The van der Waals surface area contributed by atoms with E-state index < -0.39 is 5.60 Å². The summed E-state index contributed by atoms with van der Waals surface area (Å²) >= 11 is 6.49. The minimum atomic E-state index is -0.500. The van der Waals surface area contributed by atoms with E-state index in [4.69, 9.17) is 16.3 Å². The van der Waals surface area contributed by atoms with Crippen molar-refractivity contribution >= 4 is 29.3 Å². The number of piperazine rings is 1. The summed E-state index contributed by atoms with van der Waals surface area (Å²) in [5.41, 5.74) is 2.67. The van der Waals surface area contributed by atoms with Crippen molar-refractivity contribution in [2.24, 2.45) is 0 Å². The highest BCUT2D eigenvalue weighted by Gasteiger charge is 2.36. The van der Waals surface area contributed by atoms with Crippen LogP contribution in [0.25, 0.3) is 0 Å². The maximum Gasteiger partial charge on any atom is 0.410 e. The molecule has 1 aliphatic carbocycles. The van der Waals surface area contributed by atoms with Gasteiger partial charge in [0.05, 0.1) is 6.04 Å². The Labute approximate surface area is 185 Å². The molecule has 0 spiro atoms.